The van der Waals surface area contributed by atoms with Crippen LogP contribution in [0.4, 0.5) is 4.39 Å². The number of ether oxygens (including phenoxy) is 1. The standard InChI is InChI=1S/C26H31FO4SSi/c1-26(2,3)33(4,5)31-19-21-11-16-24(30-18-20-9-7-6-8-10-20)25(17-21)32(28,29)23-14-12-22(27)13-15-23/h6-17H,18-19H2,1-5H3. The molecule has 0 aliphatic heterocycles. The number of hydrogen-bond donors (Lipinski definition) is 0. The molecule has 4 nitrogen and oxygen atoms in total. The van der Waals surface area contributed by atoms with Crippen LogP contribution in [0.15, 0.2) is 82.6 Å². The van der Waals surface area contributed by atoms with Crippen LogP contribution in [-0.2, 0) is 27.5 Å². The molecule has 0 heterocycles. The summed E-state index contributed by atoms with van der Waals surface area (Å²) in [5.41, 5.74) is 1.67. The summed E-state index contributed by atoms with van der Waals surface area (Å²) >= 11 is 0. The van der Waals surface area contributed by atoms with Gasteiger partial charge in [0.2, 0.25) is 9.84 Å². The van der Waals surface area contributed by atoms with Crippen molar-refractivity contribution in [2.45, 2.75) is 61.9 Å². The van der Waals surface area contributed by atoms with Gasteiger partial charge in [0.15, 0.2) is 8.32 Å². The van der Waals surface area contributed by atoms with Crippen molar-refractivity contribution < 1.29 is 22.0 Å². The molecule has 3 rings (SSSR count). The van der Waals surface area contributed by atoms with Crippen LogP contribution in [0, 0.1) is 5.82 Å². The molecule has 3 aromatic rings. The molecule has 0 atom stereocenters. The topological polar surface area (TPSA) is 52.6 Å². The van der Waals surface area contributed by atoms with Crippen molar-refractivity contribution in [3.05, 3.63) is 89.7 Å². The Morgan fingerprint density at radius 3 is 2.09 bits per heavy atom. The second-order valence-corrected chi connectivity index (χ2v) is 16.3. The van der Waals surface area contributed by atoms with Crippen LogP contribution in [0.25, 0.3) is 0 Å². The van der Waals surface area contributed by atoms with Crippen molar-refractivity contribution in [2.75, 3.05) is 0 Å². The van der Waals surface area contributed by atoms with Crippen molar-refractivity contribution in [1.29, 1.82) is 0 Å². The molecule has 0 aliphatic rings. The molecule has 3 aromatic carbocycles. The van der Waals surface area contributed by atoms with E-state index in [1.807, 2.05) is 36.4 Å². The third-order valence-electron chi connectivity index (χ3n) is 6.06. The Bertz CT molecular complexity index is 1190. The maximum Gasteiger partial charge on any atom is 0.210 e. The highest BCUT2D eigenvalue weighted by atomic mass is 32.2. The molecular formula is C26H31FO4SSi. The molecule has 176 valence electrons. The summed E-state index contributed by atoms with van der Waals surface area (Å²) < 4.78 is 52.5. The van der Waals surface area contributed by atoms with E-state index in [1.54, 1.807) is 12.1 Å². The van der Waals surface area contributed by atoms with Gasteiger partial charge in [0, 0.05) is 0 Å². The van der Waals surface area contributed by atoms with E-state index in [0.717, 1.165) is 23.3 Å². The fraction of sp³-hybridized carbons (Fsp3) is 0.308. The minimum absolute atomic E-state index is 0.0101. The molecular weight excluding hydrogens is 455 g/mol. The predicted octanol–water partition coefficient (Wildman–Crippen LogP) is 6.76. The maximum atomic E-state index is 13.5. The number of benzene rings is 3. The van der Waals surface area contributed by atoms with E-state index >= 15 is 0 Å². The second-order valence-electron chi connectivity index (χ2n) is 9.56. The summed E-state index contributed by atoms with van der Waals surface area (Å²) in [5.74, 6) is -0.245. The first kappa shape index (κ1) is 25.1. The lowest BCUT2D eigenvalue weighted by molar-refractivity contribution is 0.274. The van der Waals surface area contributed by atoms with Crippen LogP contribution in [-0.4, -0.2) is 16.7 Å². The zero-order valence-corrected chi connectivity index (χ0v) is 21.6. The van der Waals surface area contributed by atoms with E-state index in [-0.39, 0.29) is 27.2 Å². The van der Waals surface area contributed by atoms with Gasteiger partial charge in [-0.15, -0.1) is 0 Å². The number of sulfone groups is 1. The van der Waals surface area contributed by atoms with Gasteiger partial charge in [-0.2, -0.15) is 0 Å². The average molecular weight is 487 g/mol. The highest BCUT2D eigenvalue weighted by Gasteiger charge is 2.37. The summed E-state index contributed by atoms with van der Waals surface area (Å²) in [5, 5.41) is 0.0365. The molecule has 0 spiro atoms. The zero-order chi connectivity index (χ0) is 24.3. The molecule has 0 fully saturated rings. The maximum absolute atomic E-state index is 13.5. The number of hydrogen-bond acceptors (Lipinski definition) is 4. The summed E-state index contributed by atoms with van der Waals surface area (Å²) in [6, 6.07) is 19.5. The van der Waals surface area contributed by atoms with Gasteiger partial charge >= 0.3 is 0 Å². The van der Waals surface area contributed by atoms with Crippen LogP contribution < -0.4 is 4.74 Å². The van der Waals surface area contributed by atoms with Gasteiger partial charge in [-0.25, -0.2) is 12.8 Å². The highest BCUT2D eigenvalue weighted by molar-refractivity contribution is 7.91. The summed E-state index contributed by atoms with van der Waals surface area (Å²) in [6.45, 7) is 11.3. The van der Waals surface area contributed by atoms with Crippen LogP contribution in [0.5, 0.6) is 5.75 Å². The van der Waals surface area contributed by atoms with Gasteiger partial charge in [0.1, 0.15) is 23.1 Å². The van der Waals surface area contributed by atoms with Crippen LogP contribution >= 0.6 is 0 Å². The number of halogens is 1. The monoisotopic (exact) mass is 486 g/mol. The van der Waals surface area contributed by atoms with E-state index < -0.39 is 24.0 Å². The first-order valence-electron chi connectivity index (χ1n) is 10.8. The molecule has 0 unspecified atom stereocenters. The zero-order valence-electron chi connectivity index (χ0n) is 19.8. The molecule has 0 aromatic heterocycles. The Balaban J connectivity index is 1.96. The minimum atomic E-state index is -3.93. The van der Waals surface area contributed by atoms with Crippen molar-refractivity contribution in [3.63, 3.8) is 0 Å². The van der Waals surface area contributed by atoms with Gasteiger partial charge < -0.3 is 9.16 Å². The van der Waals surface area contributed by atoms with Crippen LogP contribution in [0.1, 0.15) is 31.9 Å². The summed E-state index contributed by atoms with van der Waals surface area (Å²) in [4.78, 5) is 0.0531. The summed E-state index contributed by atoms with van der Waals surface area (Å²) in [7, 11) is -5.95. The van der Waals surface area contributed by atoms with E-state index in [9.17, 15) is 12.8 Å². The quantitative estimate of drug-likeness (QED) is 0.261. The van der Waals surface area contributed by atoms with E-state index in [4.69, 9.17) is 9.16 Å². The smallest absolute Gasteiger partial charge is 0.210 e. The highest BCUT2D eigenvalue weighted by Crippen LogP contribution is 2.38. The molecule has 0 N–H and O–H groups in total. The fourth-order valence-electron chi connectivity index (χ4n) is 2.93. The largest absolute Gasteiger partial charge is 0.488 e. The van der Waals surface area contributed by atoms with Gasteiger partial charge in [-0.05, 0) is 65.7 Å². The molecule has 0 saturated carbocycles. The Kier molecular flexibility index (Phi) is 7.46. The third kappa shape index (κ3) is 6.10. The third-order valence-corrected chi connectivity index (χ3v) is 12.3. The molecule has 0 radical (unpaired) electrons. The van der Waals surface area contributed by atoms with Crippen molar-refractivity contribution in [3.8, 4) is 5.75 Å². The van der Waals surface area contributed by atoms with Crippen molar-refractivity contribution in [2.24, 2.45) is 0 Å². The van der Waals surface area contributed by atoms with Gasteiger partial charge in [-0.1, -0.05) is 57.2 Å². The molecule has 33 heavy (non-hydrogen) atoms. The summed E-state index contributed by atoms with van der Waals surface area (Å²) in [6.07, 6.45) is 0. The Morgan fingerprint density at radius 1 is 0.848 bits per heavy atom. The molecule has 0 aliphatic carbocycles. The normalized spacial score (nSPS) is 12.5. The first-order chi connectivity index (χ1) is 15.4. The predicted molar refractivity (Wildman–Crippen MR) is 131 cm³/mol. The fourth-order valence-corrected chi connectivity index (χ4v) is 5.34. The SMILES string of the molecule is CC(C)(C)[Si](C)(C)OCc1ccc(OCc2ccccc2)c(S(=O)(=O)c2ccc(F)cc2)c1. The van der Waals surface area contributed by atoms with E-state index in [1.165, 1.54) is 12.1 Å². The lowest BCUT2D eigenvalue weighted by atomic mass is 10.2. The Labute approximate surface area is 197 Å². The van der Waals surface area contributed by atoms with Crippen molar-refractivity contribution >= 4 is 18.2 Å². The Hall–Kier alpha value is -2.48. The van der Waals surface area contributed by atoms with Crippen molar-refractivity contribution in [1.82, 2.24) is 0 Å². The van der Waals surface area contributed by atoms with Gasteiger partial charge in [-0.3, -0.25) is 0 Å². The Morgan fingerprint density at radius 2 is 1.48 bits per heavy atom. The molecule has 7 heteroatoms. The number of rotatable bonds is 8. The average Bonchev–Trinajstić information content (AvgIpc) is 2.77. The lowest BCUT2D eigenvalue weighted by Crippen LogP contribution is -2.40. The van der Waals surface area contributed by atoms with Gasteiger partial charge in [0.05, 0.1) is 11.5 Å². The minimum Gasteiger partial charge on any atom is -0.488 e. The molecule has 0 amide bonds. The molecule has 0 bridgehead atoms. The van der Waals surface area contributed by atoms with E-state index in [2.05, 4.69) is 33.9 Å². The van der Waals surface area contributed by atoms with Crippen LogP contribution in [0.3, 0.4) is 0 Å². The van der Waals surface area contributed by atoms with Crippen LogP contribution in [0.2, 0.25) is 18.1 Å². The molecule has 0 saturated heterocycles. The first-order valence-corrected chi connectivity index (χ1v) is 15.2. The van der Waals surface area contributed by atoms with E-state index in [0.29, 0.717) is 6.61 Å². The van der Waals surface area contributed by atoms with Gasteiger partial charge in [0.25, 0.3) is 0 Å². The second kappa shape index (κ2) is 9.79. The lowest BCUT2D eigenvalue weighted by Gasteiger charge is -2.36.